The molecule has 0 aromatic carbocycles. The first-order chi connectivity index (χ1) is 9.34. The Kier molecular flexibility index (Phi) is 4.36. The van der Waals surface area contributed by atoms with Crippen LogP contribution in [-0.4, -0.2) is 44.4 Å². The van der Waals surface area contributed by atoms with Gasteiger partial charge < -0.3 is 9.47 Å². The van der Waals surface area contributed by atoms with Crippen molar-refractivity contribution in [3.63, 3.8) is 0 Å². The van der Waals surface area contributed by atoms with Gasteiger partial charge in [-0.1, -0.05) is 0 Å². The zero-order valence-corrected chi connectivity index (χ0v) is 12.6. The number of aromatic amines is 1. The van der Waals surface area contributed by atoms with E-state index in [1.807, 2.05) is 0 Å². The number of aromatic nitrogens is 2. The Morgan fingerprint density at radius 2 is 2.20 bits per heavy atom. The molecule has 20 heavy (non-hydrogen) atoms. The normalized spacial score (nSPS) is 16.9. The fourth-order valence-electron chi connectivity index (χ4n) is 1.89. The number of esters is 1. The van der Waals surface area contributed by atoms with Crippen molar-refractivity contribution in [3.8, 4) is 0 Å². The molecule has 1 aliphatic rings. The van der Waals surface area contributed by atoms with Crippen molar-refractivity contribution in [2.45, 2.75) is 36.7 Å². The van der Waals surface area contributed by atoms with Crippen LogP contribution in [0, 0.1) is 0 Å². The number of methoxy groups -OCH3 is 1. The van der Waals surface area contributed by atoms with Crippen LogP contribution in [0.5, 0.6) is 0 Å². The molecule has 0 radical (unpaired) electrons. The second-order valence-corrected chi connectivity index (χ2v) is 7.20. The molecule has 1 heterocycles. The third kappa shape index (κ3) is 3.31. The Balaban J connectivity index is 2.30. The average Bonchev–Trinajstić information content (AvgIpc) is 3.06. The van der Waals surface area contributed by atoms with Gasteiger partial charge in [0.05, 0.1) is 12.3 Å². The lowest BCUT2D eigenvalue weighted by molar-refractivity contribution is 0.0110. The molecule has 0 amide bonds. The summed E-state index contributed by atoms with van der Waals surface area (Å²) >= 11 is 0. The molecule has 0 aliphatic heterocycles. The predicted octanol–water partition coefficient (Wildman–Crippen LogP) is 1.41. The zero-order valence-electron chi connectivity index (χ0n) is 11.1. The smallest absolute Gasteiger partial charge is 0.360 e. The summed E-state index contributed by atoms with van der Waals surface area (Å²) in [7, 11) is 2.80. The van der Waals surface area contributed by atoms with Crippen molar-refractivity contribution < 1.29 is 22.7 Å². The molecular weight excluding hydrogens is 308 g/mol. The first-order valence-corrected chi connectivity index (χ1v) is 8.38. The molecule has 1 unspecified atom stereocenters. The fourth-order valence-corrected chi connectivity index (χ4v) is 3.19. The van der Waals surface area contributed by atoms with Gasteiger partial charge in [0.2, 0.25) is 0 Å². The maximum Gasteiger partial charge on any atom is 0.360 e. The quantitative estimate of drug-likeness (QED) is 0.628. The van der Waals surface area contributed by atoms with Gasteiger partial charge in [-0.2, -0.15) is 5.10 Å². The molecule has 1 aliphatic carbocycles. The van der Waals surface area contributed by atoms with Gasteiger partial charge in [-0.3, -0.25) is 5.10 Å². The Morgan fingerprint density at radius 1 is 1.55 bits per heavy atom. The van der Waals surface area contributed by atoms with Crippen molar-refractivity contribution in [3.05, 3.63) is 11.4 Å². The van der Waals surface area contributed by atoms with E-state index < -0.39 is 21.1 Å². The molecular formula is C11H15ClN2O5S. The average molecular weight is 323 g/mol. The van der Waals surface area contributed by atoms with Gasteiger partial charge in [0.15, 0.2) is 5.69 Å². The molecule has 1 aromatic rings. The monoisotopic (exact) mass is 322 g/mol. The maximum atomic E-state index is 12.0. The second kappa shape index (κ2) is 5.71. The summed E-state index contributed by atoms with van der Waals surface area (Å²) in [5, 5.41) is 6.34. The topological polar surface area (TPSA) is 98.3 Å². The third-order valence-electron chi connectivity index (χ3n) is 2.88. The molecule has 7 nitrogen and oxygen atoms in total. The highest BCUT2D eigenvalue weighted by molar-refractivity contribution is 8.13. The number of halogens is 1. The summed E-state index contributed by atoms with van der Waals surface area (Å²) in [4.78, 5) is 11.7. The van der Waals surface area contributed by atoms with Crippen LogP contribution in [0.2, 0.25) is 0 Å². The highest BCUT2D eigenvalue weighted by Gasteiger charge is 2.37. The van der Waals surface area contributed by atoms with Crippen molar-refractivity contribution in [2.75, 3.05) is 13.7 Å². The van der Waals surface area contributed by atoms with E-state index in [-0.39, 0.29) is 23.1 Å². The zero-order chi connectivity index (χ0) is 14.9. The summed E-state index contributed by atoms with van der Waals surface area (Å²) in [6.45, 7) is 1.83. The van der Waals surface area contributed by atoms with Crippen molar-refractivity contribution in [1.29, 1.82) is 0 Å². The summed E-state index contributed by atoms with van der Waals surface area (Å²) in [6, 6.07) is 0. The maximum absolute atomic E-state index is 12.0. The second-order valence-electron chi connectivity index (χ2n) is 4.70. The first kappa shape index (κ1) is 15.3. The van der Waals surface area contributed by atoms with Gasteiger partial charge in [0.25, 0.3) is 9.05 Å². The number of nitrogens with one attached hydrogen (secondary N) is 1. The van der Waals surface area contributed by atoms with Crippen molar-refractivity contribution in [2.24, 2.45) is 0 Å². The molecule has 1 N–H and O–H groups in total. The van der Waals surface area contributed by atoms with Crippen molar-refractivity contribution >= 4 is 25.7 Å². The Hall–Kier alpha value is -1.12. The molecule has 1 saturated carbocycles. The number of nitrogens with zero attached hydrogens (tertiary/aromatic N) is 1. The van der Waals surface area contributed by atoms with Crippen LogP contribution in [0.3, 0.4) is 0 Å². The van der Waals surface area contributed by atoms with Crippen LogP contribution in [0.15, 0.2) is 4.90 Å². The molecule has 112 valence electrons. The summed E-state index contributed by atoms with van der Waals surface area (Å²) in [5.74, 6) is -0.777. The van der Waals surface area contributed by atoms with E-state index in [9.17, 15) is 13.2 Å². The fraction of sp³-hybridized carbons (Fsp3) is 0.636. The number of H-pyrrole nitrogens is 1. The van der Waals surface area contributed by atoms with Gasteiger partial charge in [-0.25, -0.2) is 13.2 Å². The SMILES string of the molecule is COCC(C)OC(=O)c1n[nH]c(C2CC2)c1S(=O)(=O)Cl. The van der Waals surface area contributed by atoms with Crippen LogP contribution in [0.25, 0.3) is 0 Å². The first-order valence-electron chi connectivity index (χ1n) is 6.07. The molecule has 2 rings (SSSR count). The van der Waals surface area contributed by atoms with Gasteiger partial charge >= 0.3 is 5.97 Å². The Bertz CT molecular complexity index is 608. The summed E-state index contributed by atoms with van der Waals surface area (Å²) in [5.41, 5.74) is 0.0798. The molecule has 1 fully saturated rings. The van der Waals surface area contributed by atoms with E-state index in [4.69, 9.17) is 20.2 Å². The summed E-state index contributed by atoms with van der Waals surface area (Å²) < 4.78 is 33.2. The van der Waals surface area contributed by atoms with E-state index >= 15 is 0 Å². The van der Waals surface area contributed by atoms with Crippen molar-refractivity contribution in [1.82, 2.24) is 10.2 Å². The molecule has 1 aromatic heterocycles. The highest BCUT2D eigenvalue weighted by atomic mass is 35.7. The lowest BCUT2D eigenvalue weighted by atomic mass is 10.2. The Morgan fingerprint density at radius 3 is 2.70 bits per heavy atom. The number of hydrogen-bond acceptors (Lipinski definition) is 6. The number of carbonyl (C=O) groups is 1. The van der Waals surface area contributed by atoms with Crippen LogP contribution in [0.1, 0.15) is 41.9 Å². The van der Waals surface area contributed by atoms with Gasteiger partial charge in [0.1, 0.15) is 11.0 Å². The molecule has 0 saturated heterocycles. The van der Waals surface area contributed by atoms with Crippen LogP contribution in [-0.2, 0) is 18.5 Å². The molecule has 1 atom stereocenters. The minimum absolute atomic E-state index is 0.0592. The van der Waals surface area contributed by atoms with E-state index in [0.29, 0.717) is 5.69 Å². The minimum atomic E-state index is -4.07. The van der Waals surface area contributed by atoms with Gasteiger partial charge in [-0.05, 0) is 19.8 Å². The largest absolute Gasteiger partial charge is 0.455 e. The van der Waals surface area contributed by atoms with E-state index in [0.717, 1.165) is 12.8 Å². The van der Waals surface area contributed by atoms with Gasteiger partial charge in [0, 0.05) is 23.7 Å². The third-order valence-corrected chi connectivity index (χ3v) is 4.24. The number of ether oxygens (including phenoxy) is 2. The summed E-state index contributed by atoms with van der Waals surface area (Å²) in [6.07, 6.45) is 1.17. The highest BCUT2D eigenvalue weighted by Crippen LogP contribution is 2.43. The molecule has 0 bridgehead atoms. The van der Waals surface area contributed by atoms with Crippen LogP contribution < -0.4 is 0 Å². The number of carbonyl (C=O) groups excluding carboxylic acids is 1. The standard InChI is InChI=1S/C11H15ClN2O5S/c1-6(5-18-2)19-11(15)9-10(20(12,16)17)8(13-14-9)7-3-4-7/h6-7H,3-5H2,1-2H3,(H,13,14). The van der Waals surface area contributed by atoms with Crippen LogP contribution >= 0.6 is 10.7 Å². The lowest BCUT2D eigenvalue weighted by Crippen LogP contribution is -2.21. The Labute approximate surface area is 121 Å². The van der Waals surface area contributed by atoms with E-state index in [2.05, 4.69) is 10.2 Å². The predicted molar refractivity (Wildman–Crippen MR) is 70.4 cm³/mol. The van der Waals surface area contributed by atoms with E-state index in [1.165, 1.54) is 7.11 Å². The van der Waals surface area contributed by atoms with Gasteiger partial charge in [-0.15, -0.1) is 0 Å². The molecule has 0 spiro atoms. The lowest BCUT2D eigenvalue weighted by Gasteiger charge is -2.11. The minimum Gasteiger partial charge on any atom is -0.455 e. The number of hydrogen-bond donors (Lipinski definition) is 1. The van der Waals surface area contributed by atoms with E-state index in [1.54, 1.807) is 6.92 Å². The molecule has 9 heteroatoms. The number of rotatable bonds is 6. The van der Waals surface area contributed by atoms with Crippen LogP contribution in [0.4, 0.5) is 0 Å².